The number of nitrogens with one attached hydrogen (secondary N) is 1. The van der Waals surface area contributed by atoms with E-state index >= 15 is 0 Å². The number of hydrogen-bond acceptors (Lipinski definition) is 4. The Balaban J connectivity index is 2.06. The first-order valence-corrected chi connectivity index (χ1v) is 6.86. The van der Waals surface area contributed by atoms with Crippen molar-refractivity contribution in [3.8, 4) is 0 Å². The number of carbonyl (C=O) groups is 1. The highest BCUT2D eigenvalue weighted by molar-refractivity contribution is 5.85. The fourth-order valence-corrected chi connectivity index (χ4v) is 3.30. The highest BCUT2D eigenvalue weighted by Crippen LogP contribution is 2.37. The van der Waals surface area contributed by atoms with E-state index in [0.717, 1.165) is 43.9 Å². The van der Waals surface area contributed by atoms with E-state index in [1.165, 1.54) is 0 Å². The first kappa shape index (κ1) is 14.0. The van der Waals surface area contributed by atoms with Gasteiger partial charge in [-0.25, -0.2) is 4.98 Å². The maximum absolute atomic E-state index is 11.8. The van der Waals surface area contributed by atoms with Gasteiger partial charge in [-0.2, -0.15) is 5.10 Å². The predicted molar refractivity (Wildman–Crippen MR) is 72.4 cm³/mol. The Bertz CT molecular complexity index is 470. The number of aryl methyl sites for hydroxylation is 3. The molecule has 1 heterocycles. The average molecular weight is 265 g/mol. The molecule has 1 aliphatic rings. The summed E-state index contributed by atoms with van der Waals surface area (Å²) in [6, 6.07) is 0. The summed E-state index contributed by atoms with van der Waals surface area (Å²) in [5.74, 6) is 1.76. The Kier molecular flexibility index (Phi) is 3.89. The van der Waals surface area contributed by atoms with Gasteiger partial charge in [0.25, 0.3) is 0 Å². The summed E-state index contributed by atoms with van der Waals surface area (Å²) >= 11 is 0. The standard InChI is InChI=1S/C13H23N5O/c1-9-16-10(2)18(17-9)8-6-11-5-4-7-13(11,15-3)12(14)19/h11,15H,4-8H2,1-3H3,(H2,14,19). The normalized spacial score (nSPS) is 26.8. The first-order chi connectivity index (χ1) is 8.99. The van der Waals surface area contributed by atoms with E-state index in [-0.39, 0.29) is 11.8 Å². The monoisotopic (exact) mass is 265 g/mol. The van der Waals surface area contributed by atoms with Crippen LogP contribution in [0.1, 0.15) is 37.3 Å². The summed E-state index contributed by atoms with van der Waals surface area (Å²) in [6.07, 6.45) is 3.81. The Morgan fingerprint density at radius 2 is 2.32 bits per heavy atom. The van der Waals surface area contributed by atoms with Gasteiger partial charge in [0.05, 0.1) is 0 Å². The molecule has 2 atom stereocenters. The summed E-state index contributed by atoms with van der Waals surface area (Å²) in [5, 5.41) is 7.52. The van der Waals surface area contributed by atoms with Crippen LogP contribution in [-0.4, -0.2) is 33.3 Å². The van der Waals surface area contributed by atoms with Gasteiger partial charge >= 0.3 is 0 Å². The van der Waals surface area contributed by atoms with Gasteiger partial charge in [-0.15, -0.1) is 0 Å². The summed E-state index contributed by atoms with van der Waals surface area (Å²) in [6.45, 7) is 4.63. The Labute approximate surface area is 113 Å². The molecule has 0 radical (unpaired) electrons. The van der Waals surface area contributed by atoms with Gasteiger partial charge in [0.2, 0.25) is 5.91 Å². The van der Waals surface area contributed by atoms with E-state index in [1.807, 2.05) is 25.6 Å². The van der Waals surface area contributed by atoms with E-state index < -0.39 is 5.54 Å². The molecule has 106 valence electrons. The van der Waals surface area contributed by atoms with Crippen molar-refractivity contribution < 1.29 is 4.79 Å². The number of aromatic nitrogens is 3. The summed E-state index contributed by atoms with van der Waals surface area (Å²) < 4.78 is 1.91. The summed E-state index contributed by atoms with van der Waals surface area (Å²) in [7, 11) is 1.83. The van der Waals surface area contributed by atoms with Gasteiger partial charge < -0.3 is 11.1 Å². The topological polar surface area (TPSA) is 85.8 Å². The van der Waals surface area contributed by atoms with E-state index in [2.05, 4.69) is 15.4 Å². The molecule has 1 aliphatic carbocycles. The highest BCUT2D eigenvalue weighted by Gasteiger charge is 2.46. The van der Waals surface area contributed by atoms with Crippen LogP contribution in [0.2, 0.25) is 0 Å². The minimum Gasteiger partial charge on any atom is -0.368 e. The number of rotatable bonds is 5. The van der Waals surface area contributed by atoms with Crippen molar-refractivity contribution >= 4 is 5.91 Å². The van der Waals surface area contributed by atoms with Crippen molar-refractivity contribution in [1.29, 1.82) is 0 Å². The Morgan fingerprint density at radius 3 is 2.84 bits per heavy atom. The SMILES string of the molecule is CNC1(C(N)=O)CCCC1CCn1nc(C)nc1C. The average Bonchev–Trinajstić information content (AvgIpc) is 2.90. The van der Waals surface area contributed by atoms with Crippen LogP contribution in [0.3, 0.4) is 0 Å². The van der Waals surface area contributed by atoms with E-state index in [9.17, 15) is 4.79 Å². The fourth-order valence-electron chi connectivity index (χ4n) is 3.30. The lowest BCUT2D eigenvalue weighted by Gasteiger charge is -2.32. The number of likely N-dealkylation sites (N-methyl/N-ethyl adjacent to an activating group) is 1. The number of primary amides is 1. The van der Waals surface area contributed by atoms with Crippen LogP contribution < -0.4 is 11.1 Å². The van der Waals surface area contributed by atoms with E-state index in [4.69, 9.17) is 5.73 Å². The summed E-state index contributed by atoms with van der Waals surface area (Å²) in [4.78, 5) is 16.1. The number of hydrogen-bond donors (Lipinski definition) is 2. The Morgan fingerprint density at radius 1 is 1.58 bits per heavy atom. The molecule has 3 N–H and O–H groups in total. The molecule has 1 aromatic heterocycles. The zero-order valence-electron chi connectivity index (χ0n) is 11.9. The van der Waals surface area contributed by atoms with Crippen LogP contribution in [0.25, 0.3) is 0 Å². The lowest BCUT2D eigenvalue weighted by molar-refractivity contribution is -0.125. The molecule has 0 aliphatic heterocycles. The molecule has 0 bridgehead atoms. The zero-order valence-corrected chi connectivity index (χ0v) is 11.9. The van der Waals surface area contributed by atoms with E-state index in [0.29, 0.717) is 0 Å². The van der Waals surface area contributed by atoms with Gasteiger partial charge in [-0.05, 0) is 46.1 Å². The van der Waals surface area contributed by atoms with Crippen LogP contribution in [0, 0.1) is 19.8 Å². The Hall–Kier alpha value is -1.43. The predicted octanol–water partition coefficient (Wildman–Crippen LogP) is 0.529. The third kappa shape index (κ3) is 2.49. The van der Waals surface area contributed by atoms with Gasteiger partial charge in [0.15, 0.2) is 0 Å². The number of nitrogens with two attached hydrogens (primary N) is 1. The molecule has 0 saturated heterocycles. The molecule has 2 rings (SSSR count). The van der Waals surface area contributed by atoms with Gasteiger partial charge in [0.1, 0.15) is 17.2 Å². The third-order valence-electron chi connectivity index (χ3n) is 4.36. The van der Waals surface area contributed by atoms with Crippen LogP contribution in [0.5, 0.6) is 0 Å². The number of nitrogens with zero attached hydrogens (tertiary/aromatic N) is 3. The number of amides is 1. The quantitative estimate of drug-likeness (QED) is 0.813. The first-order valence-electron chi connectivity index (χ1n) is 6.86. The lowest BCUT2D eigenvalue weighted by atomic mass is 9.84. The van der Waals surface area contributed by atoms with Crippen molar-refractivity contribution in [3.63, 3.8) is 0 Å². The second kappa shape index (κ2) is 5.28. The molecule has 1 fully saturated rings. The molecule has 1 saturated carbocycles. The fraction of sp³-hybridized carbons (Fsp3) is 0.769. The number of carbonyl (C=O) groups excluding carboxylic acids is 1. The molecular formula is C13H23N5O. The second-order valence-electron chi connectivity index (χ2n) is 5.39. The van der Waals surface area contributed by atoms with Crippen molar-refractivity contribution in [1.82, 2.24) is 20.1 Å². The maximum Gasteiger partial charge on any atom is 0.238 e. The second-order valence-corrected chi connectivity index (χ2v) is 5.39. The molecule has 1 aromatic rings. The van der Waals surface area contributed by atoms with Crippen LogP contribution in [0.4, 0.5) is 0 Å². The largest absolute Gasteiger partial charge is 0.368 e. The third-order valence-corrected chi connectivity index (χ3v) is 4.36. The molecule has 1 amide bonds. The molecule has 19 heavy (non-hydrogen) atoms. The molecular weight excluding hydrogens is 242 g/mol. The van der Waals surface area contributed by atoms with E-state index in [1.54, 1.807) is 0 Å². The van der Waals surface area contributed by atoms with Crippen molar-refractivity contribution in [2.75, 3.05) is 7.05 Å². The van der Waals surface area contributed by atoms with Crippen molar-refractivity contribution in [2.24, 2.45) is 11.7 Å². The van der Waals surface area contributed by atoms with Crippen molar-refractivity contribution in [3.05, 3.63) is 11.6 Å². The maximum atomic E-state index is 11.8. The molecule has 2 unspecified atom stereocenters. The van der Waals surface area contributed by atoms with Crippen LogP contribution >= 0.6 is 0 Å². The lowest BCUT2D eigenvalue weighted by Crippen LogP contribution is -2.56. The molecule has 6 heteroatoms. The smallest absolute Gasteiger partial charge is 0.238 e. The molecule has 0 spiro atoms. The molecule has 6 nitrogen and oxygen atoms in total. The molecule has 0 aromatic carbocycles. The minimum absolute atomic E-state index is 0.232. The van der Waals surface area contributed by atoms with Crippen molar-refractivity contribution in [2.45, 2.75) is 51.6 Å². The minimum atomic E-state index is -0.538. The van der Waals surface area contributed by atoms with Gasteiger partial charge in [0, 0.05) is 6.54 Å². The highest BCUT2D eigenvalue weighted by atomic mass is 16.1. The van der Waals surface area contributed by atoms with Gasteiger partial charge in [-0.1, -0.05) is 6.42 Å². The van der Waals surface area contributed by atoms with Crippen LogP contribution in [-0.2, 0) is 11.3 Å². The van der Waals surface area contributed by atoms with Gasteiger partial charge in [-0.3, -0.25) is 9.48 Å². The zero-order chi connectivity index (χ0) is 14.0. The summed E-state index contributed by atoms with van der Waals surface area (Å²) in [5.41, 5.74) is 5.06. The van der Waals surface area contributed by atoms with Crippen LogP contribution in [0.15, 0.2) is 0 Å².